The molecule has 0 aromatic heterocycles. The van der Waals surface area contributed by atoms with Crippen molar-refractivity contribution in [3.63, 3.8) is 0 Å². The van der Waals surface area contributed by atoms with Gasteiger partial charge in [-0.3, -0.25) is 15.1 Å². The highest BCUT2D eigenvalue weighted by Crippen LogP contribution is 2.43. The first-order valence-electron chi connectivity index (χ1n) is 8.69. The molecule has 0 saturated heterocycles. The molecule has 0 radical (unpaired) electrons. The van der Waals surface area contributed by atoms with Gasteiger partial charge in [-0.25, -0.2) is 18.9 Å². The quantitative estimate of drug-likeness (QED) is 0.0393. The molecule has 18 nitrogen and oxygen atoms in total. The number of nitrogens with one attached hydrogen (secondary N) is 1. The summed E-state index contributed by atoms with van der Waals surface area (Å²) in [5, 5.41) is 53.3. The molecular formula is C14H25N4O14P. The maximum absolute atomic E-state index is 11.7. The van der Waals surface area contributed by atoms with E-state index in [0.29, 0.717) is 0 Å². The van der Waals surface area contributed by atoms with Crippen LogP contribution in [0.25, 0.3) is 0 Å². The number of guanidine groups is 1. The fourth-order valence-electron chi connectivity index (χ4n) is 1.78. The highest BCUT2D eigenvalue weighted by Gasteiger charge is 2.37. The number of aliphatic hydroxyl groups is 5. The number of nitrogens with zero attached hydrogens (tertiary/aromatic N) is 1. The van der Waals surface area contributed by atoms with E-state index in [1.54, 1.807) is 0 Å². The molecule has 0 rings (SSSR count). The van der Waals surface area contributed by atoms with Crippen LogP contribution in [0, 0.1) is 5.41 Å². The number of nitrogens with two attached hydrogens (primary N) is 2. The summed E-state index contributed by atoms with van der Waals surface area (Å²) >= 11 is 0. The van der Waals surface area contributed by atoms with Gasteiger partial charge in [0.05, 0.1) is 13.0 Å². The van der Waals surface area contributed by atoms with Crippen molar-refractivity contribution in [2.45, 2.75) is 36.9 Å². The van der Waals surface area contributed by atoms with Gasteiger partial charge in [-0.05, 0) is 0 Å². The van der Waals surface area contributed by atoms with Crippen LogP contribution in [0.3, 0.4) is 0 Å². The summed E-state index contributed by atoms with van der Waals surface area (Å²) in [4.78, 5) is 56.7. The van der Waals surface area contributed by atoms with Crippen LogP contribution in [0.15, 0.2) is 0 Å². The lowest BCUT2D eigenvalue weighted by atomic mass is 10.0. The number of hydrogen-bond donors (Lipinski definition) is 9. The Kier molecular flexibility index (Phi) is 12.0. The third-order valence-electron chi connectivity index (χ3n) is 3.60. The van der Waals surface area contributed by atoms with Crippen LogP contribution in [-0.2, 0) is 37.5 Å². The van der Waals surface area contributed by atoms with Crippen molar-refractivity contribution in [2.24, 2.45) is 11.5 Å². The van der Waals surface area contributed by atoms with Crippen molar-refractivity contribution < 1.29 is 68.0 Å². The summed E-state index contributed by atoms with van der Waals surface area (Å²) in [6, 6.07) is -2.02. The number of carbonyl (C=O) groups excluding carboxylic acids is 4. The van der Waals surface area contributed by atoms with Crippen molar-refractivity contribution in [3.8, 4) is 0 Å². The second kappa shape index (κ2) is 13.1. The molecular weight excluding hydrogens is 479 g/mol. The van der Waals surface area contributed by atoms with Gasteiger partial charge >= 0.3 is 31.7 Å². The minimum Gasteiger partial charge on any atom is -0.394 e. The summed E-state index contributed by atoms with van der Waals surface area (Å²) in [5.41, 5.74) is 10.3. The fraction of sp³-hybridized carbons (Fsp3) is 0.643. The summed E-state index contributed by atoms with van der Waals surface area (Å²) in [5.74, 6) is -7.14. The zero-order valence-electron chi connectivity index (χ0n) is 17.0. The highest BCUT2D eigenvalue weighted by atomic mass is 31.2. The molecule has 2 unspecified atom stereocenters. The fourth-order valence-corrected chi connectivity index (χ4v) is 2.49. The molecule has 33 heavy (non-hydrogen) atoms. The van der Waals surface area contributed by atoms with Crippen LogP contribution in [0.5, 0.6) is 0 Å². The Morgan fingerprint density at radius 1 is 1.03 bits per heavy atom. The average Bonchev–Trinajstić information content (AvgIpc) is 2.69. The molecule has 0 bridgehead atoms. The van der Waals surface area contributed by atoms with Crippen molar-refractivity contribution in [2.75, 3.05) is 20.2 Å². The molecule has 0 aliphatic heterocycles. The van der Waals surface area contributed by atoms with Gasteiger partial charge in [-0.15, -0.1) is 0 Å². The standard InChI is InChI=1S/C14H25N4O14P/c1-18(14(16)17)3-8(22)31-33(28,29)32-12(26)5(15)2-7(21)30-13(27)11(25)10(24)9(23)6(20)4-19/h5-6,9-11,19-20,23-25H,2-4,15H2,1H3,(H3,16,17)(H,28,29)/t5?,6-,9-,10+,11-/m1/s1. The lowest BCUT2D eigenvalue weighted by Crippen LogP contribution is -2.49. The van der Waals surface area contributed by atoms with E-state index < -0.39 is 87.7 Å². The molecule has 0 aliphatic carbocycles. The molecule has 0 aromatic carbocycles. The van der Waals surface area contributed by atoms with Gasteiger partial charge in [0.15, 0.2) is 12.1 Å². The monoisotopic (exact) mass is 504 g/mol. The summed E-state index contributed by atoms with van der Waals surface area (Å²) < 4.78 is 23.8. The van der Waals surface area contributed by atoms with E-state index in [9.17, 15) is 44.0 Å². The lowest BCUT2D eigenvalue weighted by molar-refractivity contribution is -0.177. The number of phosphoric acid groups is 1. The van der Waals surface area contributed by atoms with Crippen LogP contribution in [-0.4, -0.2) is 116 Å². The van der Waals surface area contributed by atoms with E-state index in [4.69, 9.17) is 27.1 Å². The van der Waals surface area contributed by atoms with Crippen LogP contribution in [0.2, 0.25) is 0 Å². The zero-order chi connectivity index (χ0) is 26.1. The van der Waals surface area contributed by atoms with Gasteiger partial charge in [-0.2, -0.15) is 0 Å². The van der Waals surface area contributed by atoms with E-state index >= 15 is 0 Å². The Morgan fingerprint density at radius 2 is 1.58 bits per heavy atom. The maximum Gasteiger partial charge on any atom is 0.589 e. The van der Waals surface area contributed by atoms with Crippen molar-refractivity contribution in [3.05, 3.63) is 0 Å². The van der Waals surface area contributed by atoms with Gasteiger partial charge in [0, 0.05) is 7.05 Å². The Morgan fingerprint density at radius 3 is 2.06 bits per heavy atom. The molecule has 0 saturated carbocycles. The maximum atomic E-state index is 11.7. The van der Waals surface area contributed by atoms with E-state index in [1.807, 2.05) is 0 Å². The number of likely N-dealkylation sites (N-methyl/N-ethyl adjacent to an activating group) is 1. The van der Waals surface area contributed by atoms with Crippen LogP contribution in [0.1, 0.15) is 6.42 Å². The van der Waals surface area contributed by atoms with Gasteiger partial charge in [0.25, 0.3) is 0 Å². The topological polar surface area (TPSA) is 314 Å². The minimum absolute atomic E-state index is 0.580. The third kappa shape index (κ3) is 10.6. The van der Waals surface area contributed by atoms with Crippen molar-refractivity contribution in [1.29, 1.82) is 5.41 Å². The third-order valence-corrected chi connectivity index (χ3v) is 4.44. The summed E-state index contributed by atoms with van der Waals surface area (Å²) in [7, 11) is -4.18. The smallest absolute Gasteiger partial charge is 0.394 e. The Labute approximate surface area is 185 Å². The second-order valence-corrected chi connectivity index (χ2v) is 7.67. The predicted octanol–water partition coefficient (Wildman–Crippen LogP) is -5.78. The van der Waals surface area contributed by atoms with E-state index in [0.717, 1.165) is 4.90 Å². The van der Waals surface area contributed by atoms with Gasteiger partial charge < -0.3 is 55.7 Å². The number of rotatable bonds is 12. The van der Waals surface area contributed by atoms with Gasteiger partial charge in [0.2, 0.25) is 0 Å². The van der Waals surface area contributed by atoms with E-state index in [2.05, 4.69) is 13.8 Å². The van der Waals surface area contributed by atoms with Crippen molar-refractivity contribution >= 4 is 37.7 Å². The van der Waals surface area contributed by atoms with E-state index in [1.165, 1.54) is 7.05 Å². The molecule has 6 atom stereocenters. The van der Waals surface area contributed by atoms with Crippen molar-refractivity contribution in [1.82, 2.24) is 4.90 Å². The minimum atomic E-state index is -5.35. The van der Waals surface area contributed by atoms with Crippen LogP contribution >= 0.6 is 7.82 Å². The van der Waals surface area contributed by atoms with Gasteiger partial charge in [0.1, 0.15) is 30.9 Å². The molecule has 0 aliphatic rings. The Hall–Kier alpha value is -2.70. The number of hydrogen-bond acceptors (Lipinski definition) is 15. The molecule has 11 N–H and O–H groups in total. The lowest BCUT2D eigenvalue weighted by Gasteiger charge is -2.24. The SMILES string of the molecule is CN(CC(=O)OP(=O)(O)OC(=O)C(N)CC(=O)OC(=O)[C@H](O)[C@@H](O)[C@H](O)[C@H](O)CO)C(=N)N. The summed E-state index contributed by atoms with van der Waals surface area (Å²) in [6.45, 7) is -1.79. The molecule has 0 aromatic rings. The van der Waals surface area contributed by atoms with Crippen LogP contribution in [0.4, 0.5) is 0 Å². The number of aliphatic hydroxyl groups excluding tert-OH is 5. The zero-order valence-corrected chi connectivity index (χ0v) is 17.9. The Balaban J connectivity index is 4.78. The molecule has 0 fully saturated rings. The molecule has 0 amide bonds. The second-order valence-electron chi connectivity index (χ2n) is 6.36. The molecule has 190 valence electrons. The molecule has 0 spiro atoms. The molecule has 19 heteroatoms. The number of carbonyl (C=O) groups is 4. The largest absolute Gasteiger partial charge is 0.589 e. The first-order chi connectivity index (χ1) is 15.0. The first kappa shape index (κ1) is 30.3. The highest BCUT2D eigenvalue weighted by molar-refractivity contribution is 7.48. The Bertz CT molecular complexity index is 794. The molecule has 0 heterocycles. The average molecular weight is 504 g/mol. The normalized spacial score (nSPS) is 17.3. The van der Waals surface area contributed by atoms with Gasteiger partial charge in [-0.1, -0.05) is 0 Å². The van der Waals surface area contributed by atoms with Crippen LogP contribution < -0.4 is 11.5 Å². The van der Waals surface area contributed by atoms with E-state index in [-0.39, 0.29) is 0 Å². The number of ether oxygens (including phenoxy) is 1. The number of phosphoric ester groups is 1. The summed E-state index contributed by atoms with van der Waals surface area (Å²) in [6.07, 6.45) is -10.2. The first-order valence-corrected chi connectivity index (χ1v) is 10.2. The predicted molar refractivity (Wildman–Crippen MR) is 101 cm³/mol. The number of esters is 2.